The van der Waals surface area contributed by atoms with E-state index in [0.717, 1.165) is 17.7 Å². The van der Waals surface area contributed by atoms with E-state index >= 15 is 0 Å². The van der Waals surface area contributed by atoms with Crippen molar-refractivity contribution in [2.24, 2.45) is 0 Å². The maximum absolute atomic E-state index is 5.90. The van der Waals surface area contributed by atoms with E-state index < -0.39 is 0 Å². The minimum Gasteiger partial charge on any atom is -0.334 e. The number of hydrogen-bond acceptors (Lipinski definition) is 4. The van der Waals surface area contributed by atoms with E-state index in [1.165, 1.54) is 0 Å². The smallest absolute Gasteiger partial charge is 0.258 e. The molecule has 0 bridgehead atoms. The zero-order chi connectivity index (χ0) is 12.3. The largest absolute Gasteiger partial charge is 0.334 e. The summed E-state index contributed by atoms with van der Waals surface area (Å²) in [5, 5.41) is 7.77. The van der Waals surface area contributed by atoms with Crippen molar-refractivity contribution in [2.75, 3.05) is 6.54 Å². The van der Waals surface area contributed by atoms with Gasteiger partial charge < -0.3 is 9.84 Å². The molecule has 0 radical (unpaired) electrons. The summed E-state index contributed by atoms with van der Waals surface area (Å²) in [6, 6.07) is 5.59. The molecule has 0 atom stereocenters. The van der Waals surface area contributed by atoms with Crippen LogP contribution in [0.5, 0.6) is 0 Å². The van der Waals surface area contributed by atoms with Gasteiger partial charge in [0.2, 0.25) is 0 Å². The summed E-state index contributed by atoms with van der Waals surface area (Å²) in [5.41, 5.74) is 1.95. The van der Waals surface area contributed by atoms with E-state index in [9.17, 15) is 0 Å². The molecule has 0 unspecified atom stereocenters. The Hall–Kier alpha value is -1.39. The number of rotatable bonds is 4. The summed E-state index contributed by atoms with van der Waals surface area (Å²) in [6.45, 7) is 5.50. The first-order valence-corrected chi connectivity index (χ1v) is 5.88. The third kappa shape index (κ3) is 2.84. The highest BCUT2D eigenvalue weighted by Gasteiger charge is 2.10. The second kappa shape index (κ2) is 5.29. The summed E-state index contributed by atoms with van der Waals surface area (Å²) >= 11 is 5.90. The Labute approximate surface area is 105 Å². The Kier molecular flexibility index (Phi) is 3.76. The minimum atomic E-state index is 0.534. The number of hydrogen-bond donors (Lipinski definition) is 1. The summed E-state index contributed by atoms with van der Waals surface area (Å²) in [6.07, 6.45) is 0. The standard InChI is InChI=1S/C12H14ClN3O/c1-3-14-7-11-15-12(17-16-11)10-5-4-9(13)6-8(10)2/h4-6,14H,3,7H2,1-2H3. The van der Waals surface area contributed by atoms with Gasteiger partial charge in [-0.25, -0.2) is 0 Å². The summed E-state index contributed by atoms with van der Waals surface area (Å²) < 4.78 is 5.22. The second-order valence-corrected chi connectivity index (χ2v) is 4.19. The van der Waals surface area contributed by atoms with Crippen LogP contribution in [0.4, 0.5) is 0 Å². The highest BCUT2D eigenvalue weighted by molar-refractivity contribution is 6.30. The van der Waals surface area contributed by atoms with Crippen molar-refractivity contribution in [3.05, 3.63) is 34.6 Å². The first-order chi connectivity index (χ1) is 8.20. The topological polar surface area (TPSA) is 51.0 Å². The van der Waals surface area contributed by atoms with Crippen LogP contribution in [0.3, 0.4) is 0 Å². The summed E-state index contributed by atoms with van der Waals surface area (Å²) in [7, 11) is 0. The van der Waals surface area contributed by atoms with Gasteiger partial charge in [-0.2, -0.15) is 4.98 Å². The fraction of sp³-hybridized carbons (Fsp3) is 0.333. The fourth-order valence-corrected chi connectivity index (χ4v) is 1.77. The van der Waals surface area contributed by atoms with Crippen LogP contribution in [0.1, 0.15) is 18.3 Å². The SMILES string of the molecule is CCNCc1noc(-c2ccc(Cl)cc2C)n1. The zero-order valence-corrected chi connectivity index (χ0v) is 10.6. The molecule has 5 heteroatoms. The molecule has 1 N–H and O–H groups in total. The Bertz CT molecular complexity index is 510. The van der Waals surface area contributed by atoms with Gasteiger partial charge in [-0.05, 0) is 37.2 Å². The molecule has 0 saturated carbocycles. The molecule has 1 aromatic carbocycles. The van der Waals surface area contributed by atoms with Crippen molar-refractivity contribution in [3.63, 3.8) is 0 Å². The van der Waals surface area contributed by atoms with Crippen LogP contribution in [0.25, 0.3) is 11.5 Å². The number of halogens is 1. The quantitative estimate of drug-likeness (QED) is 0.908. The van der Waals surface area contributed by atoms with E-state index in [4.69, 9.17) is 16.1 Å². The van der Waals surface area contributed by atoms with Crippen LogP contribution in [0.2, 0.25) is 5.02 Å². The number of nitrogens with one attached hydrogen (secondary N) is 1. The van der Waals surface area contributed by atoms with Crippen LogP contribution < -0.4 is 5.32 Å². The van der Waals surface area contributed by atoms with Gasteiger partial charge in [0.25, 0.3) is 5.89 Å². The van der Waals surface area contributed by atoms with Crippen molar-refractivity contribution < 1.29 is 4.52 Å². The maximum Gasteiger partial charge on any atom is 0.258 e. The maximum atomic E-state index is 5.90. The first-order valence-electron chi connectivity index (χ1n) is 5.50. The number of nitrogens with zero attached hydrogens (tertiary/aromatic N) is 2. The third-order valence-electron chi connectivity index (χ3n) is 2.42. The number of aryl methyl sites for hydroxylation is 1. The molecule has 17 heavy (non-hydrogen) atoms. The second-order valence-electron chi connectivity index (χ2n) is 3.76. The number of aromatic nitrogens is 2. The molecule has 0 aliphatic rings. The predicted molar refractivity (Wildman–Crippen MR) is 66.9 cm³/mol. The summed E-state index contributed by atoms with van der Waals surface area (Å²) in [4.78, 5) is 4.33. The monoisotopic (exact) mass is 251 g/mol. The van der Waals surface area contributed by atoms with E-state index in [0.29, 0.717) is 23.3 Å². The molecule has 0 amide bonds. The van der Waals surface area contributed by atoms with Crippen molar-refractivity contribution in [1.82, 2.24) is 15.5 Å². The highest BCUT2D eigenvalue weighted by atomic mass is 35.5. The molecule has 0 spiro atoms. The molecule has 0 saturated heterocycles. The van der Waals surface area contributed by atoms with Crippen molar-refractivity contribution in [1.29, 1.82) is 0 Å². The third-order valence-corrected chi connectivity index (χ3v) is 2.66. The molecule has 2 rings (SSSR count). The van der Waals surface area contributed by atoms with Gasteiger partial charge in [0, 0.05) is 10.6 Å². The Morgan fingerprint density at radius 2 is 2.24 bits per heavy atom. The van der Waals surface area contributed by atoms with Crippen molar-refractivity contribution in [2.45, 2.75) is 20.4 Å². The average Bonchev–Trinajstić information content (AvgIpc) is 2.75. The van der Waals surface area contributed by atoms with Crippen LogP contribution in [0, 0.1) is 6.92 Å². The van der Waals surface area contributed by atoms with E-state index in [2.05, 4.69) is 15.5 Å². The zero-order valence-electron chi connectivity index (χ0n) is 9.83. The lowest BCUT2D eigenvalue weighted by Crippen LogP contribution is -2.12. The fourth-order valence-electron chi connectivity index (χ4n) is 1.54. The lowest BCUT2D eigenvalue weighted by atomic mass is 10.1. The minimum absolute atomic E-state index is 0.534. The molecule has 2 aromatic rings. The predicted octanol–water partition coefficient (Wildman–Crippen LogP) is 2.81. The van der Waals surface area contributed by atoms with Gasteiger partial charge in [0.1, 0.15) is 0 Å². The molecule has 4 nitrogen and oxygen atoms in total. The molecule has 0 aliphatic carbocycles. The van der Waals surface area contributed by atoms with Gasteiger partial charge >= 0.3 is 0 Å². The van der Waals surface area contributed by atoms with E-state index in [1.54, 1.807) is 0 Å². The molecule has 1 heterocycles. The molecule has 1 aromatic heterocycles. The lowest BCUT2D eigenvalue weighted by molar-refractivity contribution is 0.419. The molecular weight excluding hydrogens is 238 g/mol. The van der Waals surface area contributed by atoms with E-state index in [1.807, 2.05) is 32.0 Å². The van der Waals surface area contributed by atoms with Gasteiger partial charge in [0.15, 0.2) is 5.82 Å². The lowest BCUT2D eigenvalue weighted by Gasteiger charge is -2.00. The van der Waals surface area contributed by atoms with Gasteiger partial charge in [0.05, 0.1) is 6.54 Å². The normalized spacial score (nSPS) is 10.8. The van der Waals surface area contributed by atoms with Crippen LogP contribution in [-0.4, -0.2) is 16.7 Å². The van der Waals surface area contributed by atoms with E-state index in [-0.39, 0.29) is 0 Å². The Balaban J connectivity index is 2.24. The Morgan fingerprint density at radius 1 is 1.41 bits per heavy atom. The first kappa shape index (κ1) is 12.1. The van der Waals surface area contributed by atoms with Crippen molar-refractivity contribution in [3.8, 4) is 11.5 Å². The molecule has 90 valence electrons. The molecular formula is C12H14ClN3O. The molecule has 0 aliphatic heterocycles. The van der Waals surface area contributed by atoms with Crippen LogP contribution in [-0.2, 0) is 6.54 Å². The van der Waals surface area contributed by atoms with Gasteiger partial charge in [-0.1, -0.05) is 23.7 Å². The number of benzene rings is 1. The van der Waals surface area contributed by atoms with Crippen LogP contribution in [0.15, 0.2) is 22.7 Å². The van der Waals surface area contributed by atoms with Gasteiger partial charge in [-0.3, -0.25) is 0 Å². The highest BCUT2D eigenvalue weighted by Crippen LogP contribution is 2.24. The van der Waals surface area contributed by atoms with Crippen molar-refractivity contribution >= 4 is 11.6 Å². The molecule has 0 fully saturated rings. The van der Waals surface area contributed by atoms with Gasteiger partial charge in [-0.15, -0.1) is 0 Å². The Morgan fingerprint density at radius 3 is 2.94 bits per heavy atom. The van der Waals surface area contributed by atoms with Crippen LogP contribution >= 0.6 is 11.6 Å². The summed E-state index contributed by atoms with van der Waals surface area (Å²) in [5.74, 6) is 1.20. The average molecular weight is 252 g/mol.